The van der Waals surface area contributed by atoms with Gasteiger partial charge in [0.2, 0.25) is 0 Å². The fourth-order valence-corrected chi connectivity index (χ4v) is 4.93. The first-order valence-corrected chi connectivity index (χ1v) is 12.5. The molecule has 33 heavy (non-hydrogen) atoms. The Balaban J connectivity index is 1.96. The van der Waals surface area contributed by atoms with Crippen LogP contribution in [0.1, 0.15) is 44.4 Å². The van der Waals surface area contributed by atoms with Crippen LogP contribution in [0.5, 0.6) is 0 Å². The van der Waals surface area contributed by atoms with Gasteiger partial charge in [-0.25, -0.2) is 8.42 Å². The minimum absolute atomic E-state index is 0.0687. The first kappa shape index (κ1) is 24.5. The second kappa shape index (κ2) is 10.2. The van der Waals surface area contributed by atoms with Gasteiger partial charge in [-0.05, 0) is 53.3 Å². The summed E-state index contributed by atoms with van der Waals surface area (Å²) in [5, 5.41) is 0. The smallest absolute Gasteiger partial charge is 0.310 e. The quantitative estimate of drug-likeness (QED) is 0.413. The Bertz CT molecular complexity index is 1160. The Morgan fingerprint density at radius 2 is 1.45 bits per heavy atom. The fourth-order valence-electron chi connectivity index (χ4n) is 3.48. The Hall–Kier alpha value is -3.12. The van der Waals surface area contributed by atoms with E-state index in [-0.39, 0.29) is 29.2 Å². The average Bonchev–Trinajstić information content (AvgIpc) is 2.78. The molecule has 0 aliphatic rings. The molecule has 0 fully saturated rings. The van der Waals surface area contributed by atoms with Crippen molar-refractivity contribution in [1.29, 1.82) is 0 Å². The van der Waals surface area contributed by atoms with Crippen molar-refractivity contribution < 1.29 is 17.9 Å². The molecule has 0 saturated heterocycles. The van der Waals surface area contributed by atoms with Crippen molar-refractivity contribution in [2.75, 3.05) is 10.9 Å². The van der Waals surface area contributed by atoms with Crippen LogP contribution < -0.4 is 4.31 Å². The molecule has 3 aromatic carbocycles. The standard InChI is InChI=1S/C27H31NO4S/c1-5-32-26(29)19-21-11-15-24(16-12-21)28(20-22-9-7-6-8-10-22)33(30,31)25-17-13-23(14-18-25)27(2,3)4/h6-18H,5,19-20H2,1-4H3. The average molecular weight is 466 g/mol. The maximum atomic E-state index is 13.7. The second-order valence-electron chi connectivity index (χ2n) is 8.92. The molecule has 0 atom stereocenters. The lowest BCUT2D eigenvalue weighted by atomic mass is 9.87. The van der Waals surface area contributed by atoms with E-state index in [1.54, 1.807) is 43.3 Å². The number of hydrogen-bond donors (Lipinski definition) is 0. The molecule has 0 unspecified atom stereocenters. The van der Waals surface area contributed by atoms with Gasteiger partial charge >= 0.3 is 5.97 Å². The van der Waals surface area contributed by atoms with Gasteiger partial charge in [0.05, 0.1) is 30.2 Å². The molecule has 0 heterocycles. The molecule has 3 aromatic rings. The fraction of sp³-hybridized carbons (Fsp3) is 0.296. The third-order valence-electron chi connectivity index (χ3n) is 5.36. The molecule has 0 saturated carbocycles. The molecule has 0 aromatic heterocycles. The van der Waals surface area contributed by atoms with Gasteiger partial charge in [-0.1, -0.05) is 75.4 Å². The first-order valence-electron chi connectivity index (χ1n) is 11.0. The molecular formula is C27H31NO4S. The van der Waals surface area contributed by atoms with E-state index in [4.69, 9.17) is 4.74 Å². The SMILES string of the molecule is CCOC(=O)Cc1ccc(N(Cc2ccccc2)S(=O)(=O)c2ccc(C(C)(C)C)cc2)cc1. The lowest BCUT2D eigenvalue weighted by Crippen LogP contribution is -2.30. The van der Waals surface area contributed by atoms with E-state index in [1.165, 1.54) is 4.31 Å². The summed E-state index contributed by atoms with van der Waals surface area (Å²) in [6.07, 6.45) is 0.147. The number of nitrogens with zero attached hydrogens (tertiary/aromatic N) is 1. The summed E-state index contributed by atoms with van der Waals surface area (Å²) in [6.45, 7) is 8.57. The Kier molecular flexibility index (Phi) is 7.59. The number of esters is 1. The van der Waals surface area contributed by atoms with Gasteiger partial charge in [0.1, 0.15) is 0 Å². The van der Waals surface area contributed by atoms with Crippen LogP contribution in [0.15, 0.2) is 83.8 Å². The maximum absolute atomic E-state index is 13.7. The van der Waals surface area contributed by atoms with Gasteiger partial charge in [0, 0.05) is 0 Å². The molecule has 0 aliphatic heterocycles. The van der Waals surface area contributed by atoms with E-state index < -0.39 is 10.0 Å². The minimum Gasteiger partial charge on any atom is -0.466 e. The van der Waals surface area contributed by atoms with Crippen LogP contribution >= 0.6 is 0 Å². The van der Waals surface area contributed by atoms with Crippen LogP contribution in [-0.4, -0.2) is 21.0 Å². The number of benzene rings is 3. The molecule has 6 heteroatoms. The van der Waals surface area contributed by atoms with Crippen LogP contribution in [-0.2, 0) is 37.9 Å². The lowest BCUT2D eigenvalue weighted by molar-refractivity contribution is -0.142. The summed E-state index contributed by atoms with van der Waals surface area (Å²) in [5.74, 6) is -0.307. The number of ether oxygens (including phenoxy) is 1. The van der Waals surface area contributed by atoms with Gasteiger partial charge in [-0.2, -0.15) is 0 Å². The van der Waals surface area contributed by atoms with Crippen LogP contribution in [0.25, 0.3) is 0 Å². The van der Waals surface area contributed by atoms with E-state index in [0.717, 1.165) is 16.7 Å². The van der Waals surface area contributed by atoms with Gasteiger partial charge in [0.15, 0.2) is 0 Å². The number of rotatable bonds is 8. The van der Waals surface area contributed by atoms with E-state index in [9.17, 15) is 13.2 Å². The Morgan fingerprint density at radius 1 is 0.848 bits per heavy atom. The molecule has 0 aliphatic carbocycles. The van der Waals surface area contributed by atoms with Crippen molar-refractivity contribution in [2.45, 2.75) is 51.0 Å². The summed E-state index contributed by atoms with van der Waals surface area (Å²) in [4.78, 5) is 12.0. The van der Waals surface area contributed by atoms with Gasteiger partial charge < -0.3 is 4.74 Å². The molecule has 0 radical (unpaired) electrons. The zero-order valence-corrected chi connectivity index (χ0v) is 20.4. The molecule has 174 valence electrons. The highest BCUT2D eigenvalue weighted by molar-refractivity contribution is 7.92. The molecule has 3 rings (SSSR count). The lowest BCUT2D eigenvalue weighted by Gasteiger charge is -2.26. The maximum Gasteiger partial charge on any atom is 0.310 e. The van der Waals surface area contributed by atoms with Crippen LogP contribution in [0.2, 0.25) is 0 Å². The molecule has 0 spiro atoms. The zero-order chi connectivity index (χ0) is 24.1. The van der Waals surface area contributed by atoms with Crippen molar-refractivity contribution in [1.82, 2.24) is 0 Å². The van der Waals surface area contributed by atoms with Gasteiger partial charge in [0.25, 0.3) is 10.0 Å². The van der Waals surface area contributed by atoms with E-state index in [2.05, 4.69) is 20.8 Å². The summed E-state index contributed by atoms with van der Waals surface area (Å²) in [7, 11) is -3.82. The van der Waals surface area contributed by atoms with Crippen molar-refractivity contribution >= 4 is 21.7 Å². The van der Waals surface area contributed by atoms with Crippen molar-refractivity contribution in [3.8, 4) is 0 Å². The van der Waals surface area contributed by atoms with Crippen LogP contribution in [0.3, 0.4) is 0 Å². The van der Waals surface area contributed by atoms with E-state index in [1.807, 2.05) is 42.5 Å². The minimum atomic E-state index is -3.82. The molecule has 5 nitrogen and oxygen atoms in total. The number of anilines is 1. The van der Waals surface area contributed by atoms with E-state index >= 15 is 0 Å². The number of carbonyl (C=O) groups excluding carboxylic acids is 1. The number of sulfonamides is 1. The van der Waals surface area contributed by atoms with Gasteiger partial charge in [-0.15, -0.1) is 0 Å². The Morgan fingerprint density at radius 3 is 2.00 bits per heavy atom. The van der Waals surface area contributed by atoms with Crippen molar-refractivity contribution in [3.05, 3.63) is 95.6 Å². The molecule has 0 amide bonds. The predicted octanol–water partition coefficient (Wildman–Crippen LogP) is 5.49. The normalized spacial score (nSPS) is 11.8. The summed E-state index contributed by atoms with van der Waals surface area (Å²) >= 11 is 0. The second-order valence-corrected chi connectivity index (χ2v) is 10.8. The summed E-state index contributed by atoms with van der Waals surface area (Å²) in [5.41, 5.74) is 3.18. The predicted molar refractivity (Wildman–Crippen MR) is 132 cm³/mol. The Labute approximate surface area is 197 Å². The van der Waals surface area contributed by atoms with Crippen LogP contribution in [0, 0.1) is 0 Å². The van der Waals surface area contributed by atoms with E-state index in [0.29, 0.717) is 12.3 Å². The highest BCUT2D eigenvalue weighted by atomic mass is 32.2. The topological polar surface area (TPSA) is 63.7 Å². The highest BCUT2D eigenvalue weighted by Crippen LogP contribution is 2.29. The number of carbonyl (C=O) groups is 1. The zero-order valence-electron chi connectivity index (χ0n) is 19.6. The monoisotopic (exact) mass is 465 g/mol. The third kappa shape index (κ3) is 6.23. The van der Waals surface area contributed by atoms with Crippen LogP contribution in [0.4, 0.5) is 5.69 Å². The number of hydrogen-bond acceptors (Lipinski definition) is 4. The first-order chi connectivity index (χ1) is 15.6. The highest BCUT2D eigenvalue weighted by Gasteiger charge is 2.26. The molecule has 0 bridgehead atoms. The van der Waals surface area contributed by atoms with Crippen molar-refractivity contribution in [3.63, 3.8) is 0 Å². The summed E-state index contributed by atoms with van der Waals surface area (Å²) in [6, 6.07) is 23.6. The molecule has 0 N–H and O–H groups in total. The largest absolute Gasteiger partial charge is 0.466 e. The van der Waals surface area contributed by atoms with Gasteiger partial charge in [-0.3, -0.25) is 9.10 Å². The third-order valence-corrected chi connectivity index (χ3v) is 7.14. The summed E-state index contributed by atoms with van der Waals surface area (Å²) < 4.78 is 33.8. The molecular weight excluding hydrogens is 434 g/mol. The van der Waals surface area contributed by atoms with Crippen molar-refractivity contribution in [2.24, 2.45) is 0 Å².